The molecule has 0 spiro atoms. The van der Waals surface area contributed by atoms with Crippen LogP contribution in [0.2, 0.25) is 0 Å². The molecule has 1 unspecified atom stereocenters. The number of benzene rings is 1. The molecule has 1 aliphatic carbocycles. The topological polar surface area (TPSA) is 26.3 Å². The van der Waals surface area contributed by atoms with Gasteiger partial charge in [0.25, 0.3) is 0 Å². The van der Waals surface area contributed by atoms with E-state index in [0.717, 1.165) is 4.47 Å². The fraction of sp³-hybridized carbons (Fsp3) is 0.417. The largest absolute Gasteiger partial charge is 0.486 e. The minimum atomic E-state index is -0.505. The number of halogens is 2. The Kier molecular flexibility index (Phi) is 2.78. The number of hydrogen-bond acceptors (Lipinski definition) is 2. The van der Waals surface area contributed by atoms with Gasteiger partial charge in [0.2, 0.25) is 0 Å². The van der Waals surface area contributed by atoms with Gasteiger partial charge in [0.05, 0.1) is 5.41 Å². The van der Waals surface area contributed by atoms with Gasteiger partial charge in [-0.3, -0.25) is 4.79 Å². The maximum atomic E-state index is 13.4. The Balaban J connectivity index is 2.16. The van der Waals surface area contributed by atoms with E-state index >= 15 is 0 Å². The number of rotatable bonds is 2. The van der Waals surface area contributed by atoms with E-state index < -0.39 is 11.2 Å². The summed E-state index contributed by atoms with van der Waals surface area (Å²) in [6.07, 6.45) is 0.127. The SMILES string of the molecule is CC1(C)C(=O)CC1Oc1cc(Br)ccc1F. The van der Waals surface area contributed by atoms with Gasteiger partial charge in [-0.05, 0) is 32.0 Å². The Morgan fingerprint density at radius 3 is 2.75 bits per heavy atom. The van der Waals surface area contributed by atoms with Crippen molar-refractivity contribution in [3.8, 4) is 5.75 Å². The van der Waals surface area contributed by atoms with Crippen LogP contribution in [0.5, 0.6) is 5.75 Å². The molecule has 0 aliphatic heterocycles. The third-order valence-electron chi connectivity index (χ3n) is 3.06. The fourth-order valence-electron chi connectivity index (χ4n) is 1.64. The van der Waals surface area contributed by atoms with Crippen LogP contribution in [-0.2, 0) is 4.79 Å². The first kappa shape index (κ1) is 11.6. The van der Waals surface area contributed by atoms with Gasteiger partial charge in [-0.25, -0.2) is 4.39 Å². The lowest BCUT2D eigenvalue weighted by molar-refractivity contribution is -0.148. The molecule has 1 fully saturated rings. The van der Waals surface area contributed by atoms with E-state index in [9.17, 15) is 9.18 Å². The summed E-state index contributed by atoms with van der Waals surface area (Å²) in [5.74, 6) is -0.0498. The van der Waals surface area contributed by atoms with Crippen molar-refractivity contribution in [2.45, 2.75) is 26.4 Å². The number of carbonyl (C=O) groups excluding carboxylic acids is 1. The number of Topliss-reactive ketones (excluding diaryl/α,β-unsaturated/α-hetero) is 1. The van der Waals surface area contributed by atoms with Crippen molar-refractivity contribution >= 4 is 21.7 Å². The van der Waals surface area contributed by atoms with Crippen molar-refractivity contribution in [3.05, 3.63) is 28.5 Å². The standard InChI is InChI=1S/C12H12BrFO2/c1-12(2)10(15)6-11(12)16-9-5-7(13)3-4-8(9)14/h3-5,11H,6H2,1-2H3. The highest BCUT2D eigenvalue weighted by Gasteiger charge is 2.49. The zero-order chi connectivity index (χ0) is 11.9. The van der Waals surface area contributed by atoms with Crippen molar-refractivity contribution in [1.29, 1.82) is 0 Å². The van der Waals surface area contributed by atoms with Crippen LogP contribution in [0.3, 0.4) is 0 Å². The van der Waals surface area contributed by atoms with Crippen LogP contribution in [0, 0.1) is 11.2 Å². The van der Waals surface area contributed by atoms with E-state index in [1.54, 1.807) is 12.1 Å². The van der Waals surface area contributed by atoms with Gasteiger partial charge in [0.1, 0.15) is 11.9 Å². The van der Waals surface area contributed by atoms with Gasteiger partial charge in [-0.1, -0.05) is 15.9 Å². The Bertz CT molecular complexity index is 443. The summed E-state index contributed by atoms with van der Waals surface area (Å²) in [5.41, 5.74) is -0.505. The van der Waals surface area contributed by atoms with Crippen LogP contribution in [0.1, 0.15) is 20.3 Å². The second-order valence-corrected chi connectivity index (χ2v) is 5.45. The summed E-state index contributed by atoms with van der Waals surface area (Å²) in [7, 11) is 0. The molecule has 0 amide bonds. The highest BCUT2D eigenvalue weighted by atomic mass is 79.9. The molecule has 0 saturated heterocycles. The van der Waals surface area contributed by atoms with Crippen molar-refractivity contribution in [2.75, 3.05) is 0 Å². The second kappa shape index (κ2) is 3.84. The number of ketones is 1. The average molecular weight is 287 g/mol. The summed E-state index contributed by atoms with van der Waals surface area (Å²) in [5, 5.41) is 0. The van der Waals surface area contributed by atoms with Crippen LogP contribution in [0.25, 0.3) is 0 Å². The molecule has 2 rings (SSSR count). The predicted octanol–water partition coefficient (Wildman–Crippen LogP) is 3.33. The van der Waals surface area contributed by atoms with Gasteiger partial charge < -0.3 is 4.74 Å². The summed E-state index contributed by atoms with van der Waals surface area (Å²) in [6, 6.07) is 4.53. The molecule has 2 nitrogen and oxygen atoms in total. The van der Waals surface area contributed by atoms with Crippen molar-refractivity contribution in [3.63, 3.8) is 0 Å². The monoisotopic (exact) mass is 286 g/mol. The third-order valence-corrected chi connectivity index (χ3v) is 3.55. The Hall–Kier alpha value is -0.900. The summed E-state index contributed by atoms with van der Waals surface area (Å²) >= 11 is 3.25. The molecular formula is C12H12BrFO2. The lowest BCUT2D eigenvalue weighted by atomic mass is 9.68. The Labute approximate surface area is 102 Å². The van der Waals surface area contributed by atoms with E-state index in [1.165, 1.54) is 6.07 Å². The van der Waals surface area contributed by atoms with Gasteiger partial charge >= 0.3 is 0 Å². The third kappa shape index (κ3) is 1.86. The van der Waals surface area contributed by atoms with Gasteiger partial charge in [-0.15, -0.1) is 0 Å². The summed E-state index contributed by atoms with van der Waals surface area (Å²) < 4.78 is 19.7. The van der Waals surface area contributed by atoms with E-state index in [2.05, 4.69) is 15.9 Å². The van der Waals surface area contributed by atoms with Crippen molar-refractivity contribution in [2.24, 2.45) is 5.41 Å². The van der Waals surface area contributed by atoms with E-state index in [-0.39, 0.29) is 17.6 Å². The molecule has 4 heteroatoms. The Morgan fingerprint density at radius 1 is 1.50 bits per heavy atom. The highest BCUT2D eigenvalue weighted by Crippen LogP contribution is 2.40. The molecule has 1 atom stereocenters. The normalized spacial score (nSPS) is 22.8. The summed E-state index contributed by atoms with van der Waals surface area (Å²) in [4.78, 5) is 11.3. The molecule has 0 radical (unpaired) electrons. The molecule has 1 aromatic rings. The molecule has 0 heterocycles. The first-order valence-corrected chi connectivity index (χ1v) is 5.85. The number of hydrogen-bond donors (Lipinski definition) is 0. The van der Waals surface area contributed by atoms with Crippen molar-refractivity contribution in [1.82, 2.24) is 0 Å². The van der Waals surface area contributed by atoms with E-state index in [1.807, 2.05) is 13.8 Å². The first-order chi connectivity index (χ1) is 7.41. The molecular weight excluding hydrogens is 275 g/mol. The zero-order valence-electron chi connectivity index (χ0n) is 9.09. The number of ether oxygens (including phenoxy) is 1. The van der Waals surface area contributed by atoms with Gasteiger partial charge in [0, 0.05) is 10.9 Å². The predicted molar refractivity (Wildman–Crippen MR) is 61.9 cm³/mol. The molecule has 0 N–H and O–H groups in total. The zero-order valence-corrected chi connectivity index (χ0v) is 10.7. The van der Waals surface area contributed by atoms with Crippen LogP contribution >= 0.6 is 15.9 Å². The minimum absolute atomic E-state index is 0.160. The second-order valence-electron chi connectivity index (χ2n) is 4.53. The lowest BCUT2D eigenvalue weighted by Gasteiger charge is -2.41. The van der Waals surface area contributed by atoms with Gasteiger partial charge in [0.15, 0.2) is 11.6 Å². The molecule has 0 aromatic heterocycles. The molecule has 86 valence electrons. The van der Waals surface area contributed by atoms with Gasteiger partial charge in [-0.2, -0.15) is 0 Å². The van der Waals surface area contributed by atoms with E-state index in [0.29, 0.717) is 6.42 Å². The molecule has 1 aliphatic rings. The average Bonchev–Trinajstić information content (AvgIpc) is 2.23. The number of carbonyl (C=O) groups is 1. The maximum Gasteiger partial charge on any atom is 0.165 e. The fourth-order valence-corrected chi connectivity index (χ4v) is 1.98. The molecule has 1 saturated carbocycles. The van der Waals surface area contributed by atoms with Crippen LogP contribution in [0.15, 0.2) is 22.7 Å². The quantitative estimate of drug-likeness (QED) is 0.834. The smallest absolute Gasteiger partial charge is 0.165 e. The molecule has 1 aromatic carbocycles. The first-order valence-electron chi connectivity index (χ1n) is 5.06. The highest BCUT2D eigenvalue weighted by molar-refractivity contribution is 9.10. The summed E-state index contributed by atoms with van der Waals surface area (Å²) in [6.45, 7) is 3.64. The minimum Gasteiger partial charge on any atom is -0.486 e. The van der Waals surface area contributed by atoms with Crippen LogP contribution in [0.4, 0.5) is 4.39 Å². The van der Waals surface area contributed by atoms with Crippen LogP contribution in [-0.4, -0.2) is 11.9 Å². The lowest BCUT2D eigenvalue weighted by Crippen LogP contribution is -2.53. The molecule has 16 heavy (non-hydrogen) atoms. The Morgan fingerprint density at radius 2 is 2.19 bits per heavy atom. The van der Waals surface area contributed by atoms with Crippen molar-refractivity contribution < 1.29 is 13.9 Å². The maximum absolute atomic E-state index is 13.4. The molecule has 0 bridgehead atoms. The van der Waals surface area contributed by atoms with Crippen LogP contribution < -0.4 is 4.74 Å². The van der Waals surface area contributed by atoms with E-state index in [4.69, 9.17) is 4.74 Å².